The van der Waals surface area contributed by atoms with E-state index in [1.807, 2.05) is 12.1 Å². The molecule has 0 aromatic heterocycles. The van der Waals surface area contributed by atoms with Gasteiger partial charge in [-0.25, -0.2) is 0 Å². The number of hydrogen-bond acceptors (Lipinski definition) is 0. The Kier molecular flexibility index (Phi) is 4.23. The van der Waals surface area contributed by atoms with E-state index < -0.39 is 11.7 Å². The molecule has 0 saturated heterocycles. The number of benzene rings is 2. The molecule has 0 unspecified atom stereocenters. The van der Waals surface area contributed by atoms with Crippen molar-refractivity contribution < 1.29 is 13.2 Å². The van der Waals surface area contributed by atoms with Gasteiger partial charge in [-0.1, -0.05) is 55.3 Å². The molecule has 0 spiro atoms. The SMILES string of the molecule is FC(F)(F)c1ccccc1Cc1ccc(C2CCCC2)cc1. The van der Waals surface area contributed by atoms with E-state index >= 15 is 0 Å². The van der Waals surface area contributed by atoms with E-state index in [9.17, 15) is 13.2 Å². The van der Waals surface area contributed by atoms with E-state index in [4.69, 9.17) is 0 Å². The fourth-order valence-electron chi connectivity index (χ4n) is 3.34. The van der Waals surface area contributed by atoms with Crippen molar-refractivity contribution in [1.82, 2.24) is 0 Å². The van der Waals surface area contributed by atoms with Crippen LogP contribution in [0.5, 0.6) is 0 Å². The van der Waals surface area contributed by atoms with Crippen molar-refractivity contribution in [3.8, 4) is 0 Å². The normalized spacial score (nSPS) is 16.1. The van der Waals surface area contributed by atoms with Crippen molar-refractivity contribution in [3.63, 3.8) is 0 Å². The van der Waals surface area contributed by atoms with Gasteiger partial charge in [-0.15, -0.1) is 0 Å². The van der Waals surface area contributed by atoms with Gasteiger partial charge >= 0.3 is 6.18 Å². The Morgan fingerprint density at radius 3 is 2.14 bits per heavy atom. The lowest BCUT2D eigenvalue weighted by Gasteiger charge is -2.14. The molecule has 1 saturated carbocycles. The molecule has 1 aliphatic carbocycles. The Morgan fingerprint density at radius 2 is 1.50 bits per heavy atom. The number of halogens is 3. The van der Waals surface area contributed by atoms with Crippen molar-refractivity contribution in [2.45, 2.75) is 44.2 Å². The van der Waals surface area contributed by atoms with Crippen LogP contribution in [0.25, 0.3) is 0 Å². The molecule has 0 N–H and O–H groups in total. The van der Waals surface area contributed by atoms with E-state index in [-0.39, 0.29) is 0 Å². The highest BCUT2D eigenvalue weighted by molar-refractivity contribution is 5.36. The van der Waals surface area contributed by atoms with Crippen molar-refractivity contribution in [2.75, 3.05) is 0 Å². The predicted molar refractivity (Wildman–Crippen MR) is 81.9 cm³/mol. The summed E-state index contributed by atoms with van der Waals surface area (Å²) in [6.45, 7) is 0. The fourth-order valence-corrected chi connectivity index (χ4v) is 3.34. The first-order valence-electron chi connectivity index (χ1n) is 7.78. The number of rotatable bonds is 3. The average Bonchev–Trinajstić information content (AvgIpc) is 3.02. The van der Waals surface area contributed by atoms with Gasteiger partial charge in [0.15, 0.2) is 0 Å². The second-order valence-corrected chi connectivity index (χ2v) is 6.05. The van der Waals surface area contributed by atoms with E-state index in [1.54, 1.807) is 12.1 Å². The van der Waals surface area contributed by atoms with Gasteiger partial charge in [-0.2, -0.15) is 13.2 Å². The van der Waals surface area contributed by atoms with Gasteiger partial charge in [0.25, 0.3) is 0 Å². The molecule has 0 atom stereocenters. The molecule has 0 aliphatic heterocycles. The van der Waals surface area contributed by atoms with Gasteiger partial charge in [0.05, 0.1) is 5.56 Å². The summed E-state index contributed by atoms with van der Waals surface area (Å²) in [5.41, 5.74) is 2.06. The second-order valence-electron chi connectivity index (χ2n) is 6.05. The van der Waals surface area contributed by atoms with Gasteiger partial charge in [0.2, 0.25) is 0 Å². The molecule has 3 heteroatoms. The summed E-state index contributed by atoms with van der Waals surface area (Å²) in [6, 6.07) is 13.9. The second kappa shape index (κ2) is 6.15. The third-order valence-corrected chi connectivity index (χ3v) is 4.52. The average molecular weight is 304 g/mol. The maximum atomic E-state index is 13.0. The van der Waals surface area contributed by atoms with Crippen LogP contribution in [0, 0.1) is 0 Å². The molecule has 2 aromatic carbocycles. The quantitative estimate of drug-likeness (QED) is 0.657. The molecule has 0 amide bonds. The minimum atomic E-state index is -4.29. The number of hydrogen-bond donors (Lipinski definition) is 0. The zero-order valence-corrected chi connectivity index (χ0v) is 12.4. The molecule has 0 heterocycles. The van der Waals surface area contributed by atoms with Crippen LogP contribution >= 0.6 is 0 Å². The van der Waals surface area contributed by atoms with Crippen LogP contribution in [0.1, 0.15) is 53.9 Å². The molecular weight excluding hydrogens is 285 g/mol. The Hall–Kier alpha value is -1.77. The first-order chi connectivity index (χ1) is 10.5. The van der Waals surface area contributed by atoms with Crippen molar-refractivity contribution >= 4 is 0 Å². The van der Waals surface area contributed by atoms with Crippen LogP contribution in [0.15, 0.2) is 48.5 Å². The van der Waals surface area contributed by atoms with Crippen molar-refractivity contribution in [3.05, 3.63) is 70.8 Å². The highest BCUT2D eigenvalue weighted by Gasteiger charge is 2.32. The first-order valence-corrected chi connectivity index (χ1v) is 7.78. The van der Waals surface area contributed by atoms with Crippen LogP contribution in [-0.4, -0.2) is 0 Å². The van der Waals surface area contributed by atoms with E-state index in [1.165, 1.54) is 37.3 Å². The maximum Gasteiger partial charge on any atom is 0.416 e. The van der Waals surface area contributed by atoms with E-state index in [0.29, 0.717) is 17.9 Å². The summed E-state index contributed by atoms with van der Waals surface area (Å²) in [5.74, 6) is 0.636. The Morgan fingerprint density at radius 1 is 0.864 bits per heavy atom. The largest absolute Gasteiger partial charge is 0.416 e. The molecule has 0 radical (unpaired) electrons. The van der Waals surface area contributed by atoms with Crippen LogP contribution in [0.2, 0.25) is 0 Å². The summed E-state index contributed by atoms with van der Waals surface area (Å²) in [4.78, 5) is 0. The van der Waals surface area contributed by atoms with Crippen LogP contribution in [0.4, 0.5) is 13.2 Å². The van der Waals surface area contributed by atoms with Crippen LogP contribution < -0.4 is 0 Å². The molecule has 1 fully saturated rings. The lowest BCUT2D eigenvalue weighted by Crippen LogP contribution is -2.09. The van der Waals surface area contributed by atoms with Gasteiger partial charge in [0, 0.05) is 0 Å². The highest BCUT2D eigenvalue weighted by Crippen LogP contribution is 2.35. The molecule has 22 heavy (non-hydrogen) atoms. The van der Waals surface area contributed by atoms with Crippen molar-refractivity contribution in [1.29, 1.82) is 0 Å². The third-order valence-electron chi connectivity index (χ3n) is 4.52. The van der Waals surface area contributed by atoms with Gasteiger partial charge in [-0.3, -0.25) is 0 Å². The highest BCUT2D eigenvalue weighted by atomic mass is 19.4. The Labute approximate surface area is 129 Å². The lowest BCUT2D eigenvalue weighted by molar-refractivity contribution is -0.138. The molecule has 1 aliphatic rings. The maximum absolute atomic E-state index is 13.0. The minimum absolute atomic E-state index is 0.320. The summed E-state index contributed by atoms with van der Waals surface area (Å²) in [6.07, 6.45) is 1.06. The fraction of sp³-hybridized carbons (Fsp3) is 0.368. The van der Waals surface area contributed by atoms with Crippen LogP contribution in [-0.2, 0) is 12.6 Å². The molecule has 3 rings (SSSR count). The van der Waals surface area contributed by atoms with E-state index in [0.717, 1.165) is 11.6 Å². The molecule has 0 nitrogen and oxygen atoms in total. The number of alkyl halides is 3. The zero-order valence-electron chi connectivity index (χ0n) is 12.4. The summed E-state index contributed by atoms with van der Waals surface area (Å²) in [5, 5.41) is 0. The van der Waals surface area contributed by atoms with Gasteiger partial charge < -0.3 is 0 Å². The Balaban J connectivity index is 1.79. The first kappa shape index (κ1) is 15.1. The monoisotopic (exact) mass is 304 g/mol. The topological polar surface area (TPSA) is 0 Å². The smallest absolute Gasteiger partial charge is 0.166 e. The molecular formula is C19H19F3. The molecule has 2 aromatic rings. The summed E-state index contributed by atoms with van der Waals surface area (Å²) >= 11 is 0. The molecule has 116 valence electrons. The lowest BCUT2D eigenvalue weighted by atomic mass is 9.94. The standard InChI is InChI=1S/C19H19F3/c20-19(21,22)18-8-4-3-7-17(18)13-14-9-11-16(12-10-14)15-5-1-2-6-15/h3-4,7-12,15H,1-2,5-6,13H2. The summed E-state index contributed by atoms with van der Waals surface area (Å²) < 4.78 is 39.1. The van der Waals surface area contributed by atoms with Crippen LogP contribution in [0.3, 0.4) is 0 Å². The minimum Gasteiger partial charge on any atom is -0.166 e. The third kappa shape index (κ3) is 3.34. The van der Waals surface area contributed by atoms with E-state index in [2.05, 4.69) is 12.1 Å². The van der Waals surface area contributed by atoms with Gasteiger partial charge in [0.1, 0.15) is 0 Å². The Bertz CT molecular complexity index is 620. The summed E-state index contributed by atoms with van der Waals surface area (Å²) in [7, 11) is 0. The van der Waals surface area contributed by atoms with Crippen molar-refractivity contribution in [2.24, 2.45) is 0 Å². The molecule has 0 bridgehead atoms. The predicted octanol–water partition coefficient (Wildman–Crippen LogP) is 5.95. The van der Waals surface area contributed by atoms with Gasteiger partial charge in [-0.05, 0) is 47.9 Å². The zero-order chi connectivity index (χ0) is 15.6.